The number of nitrogens with zero attached hydrogens (tertiary/aromatic N) is 3. The fraction of sp³-hybridized carbons (Fsp3) is 0.389. The minimum atomic E-state index is -0.106. The predicted molar refractivity (Wildman–Crippen MR) is 91.7 cm³/mol. The summed E-state index contributed by atoms with van der Waals surface area (Å²) in [5, 5.41) is 4.30. The third-order valence-electron chi connectivity index (χ3n) is 5.06. The van der Waals surface area contributed by atoms with Gasteiger partial charge < -0.3 is 13.7 Å². The van der Waals surface area contributed by atoms with Gasteiger partial charge in [-0.15, -0.1) is 0 Å². The van der Waals surface area contributed by atoms with E-state index in [-0.39, 0.29) is 5.60 Å². The maximum atomic E-state index is 6.28. The van der Waals surface area contributed by atoms with E-state index in [4.69, 9.17) is 9.15 Å². The first kappa shape index (κ1) is 14.5. The number of hydrogen-bond acceptors (Lipinski definition) is 5. The number of likely N-dealkylation sites (tertiary alicyclic amines) is 1. The van der Waals surface area contributed by atoms with Crippen molar-refractivity contribution in [2.45, 2.75) is 31.7 Å². The average Bonchev–Trinajstić information content (AvgIpc) is 3.35. The zero-order valence-electron chi connectivity index (χ0n) is 13.4. The number of hydrogen-bond donors (Lipinski definition) is 0. The minimum Gasteiger partial charge on any atom is -0.468 e. The van der Waals surface area contributed by atoms with E-state index in [0.717, 1.165) is 44.2 Å². The first-order valence-electron chi connectivity index (χ1n) is 8.27. The highest BCUT2D eigenvalue weighted by Crippen LogP contribution is 2.36. The second kappa shape index (κ2) is 5.58. The van der Waals surface area contributed by atoms with Crippen LogP contribution >= 0.6 is 11.3 Å². The van der Waals surface area contributed by atoms with Crippen molar-refractivity contribution >= 4 is 11.3 Å². The molecule has 0 aromatic carbocycles. The van der Waals surface area contributed by atoms with Gasteiger partial charge in [-0.25, -0.2) is 4.98 Å². The molecule has 1 atom stereocenters. The van der Waals surface area contributed by atoms with Crippen LogP contribution < -0.4 is 0 Å². The maximum Gasteiger partial charge on any atom is 0.135 e. The largest absolute Gasteiger partial charge is 0.468 e. The van der Waals surface area contributed by atoms with Crippen molar-refractivity contribution in [3.05, 3.63) is 53.0 Å². The zero-order valence-corrected chi connectivity index (χ0v) is 14.2. The summed E-state index contributed by atoms with van der Waals surface area (Å²) in [6.45, 7) is 4.31. The molecule has 5 nitrogen and oxygen atoms in total. The van der Waals surface area contributed by atoms with Gasteiger partial charge in [0.2, 0.25) is 0 Å². The van der Waals surface area contributed by atoms with E-state index in [9.17, 15) is 0 Å². The smallest absolute Gasteiger partial charge is 0.135 e. The summed E-state index contributed by atoms with van der Waals surface area (Å²) in [4.78, 5) is 6.98. The third kappa shape index (κ3) is 2.42. The molecular formula is C18H19N3O2S. The van der Waals surface area contributed by atoms with E-state index in [2.05, 4.69) is 31.3 Å². The normalized spacial score (nSPS) is 23.8. The molecule has 3 aromatic heterocycles. The van der Waals surface area contributed by atoms with Crippen LogP contribution in [0.2, 0.25) is 0 Å². The molecule has 2 aliphatic heterocycles. The van der Waals surface area contributed by atoms with Crippen LogP contribution in [0.5, 0.6) is 0 Å². The van der Waals surface area contributed by atoms with Crippen LogP contribution in [0.25, 0.3) is 11.3 Å². The Hall–Kier alpha value is -1.89. The molecular weight excluding hydrogens is 322 g/mol. The molecule has 5 heterocycles. The predicted octanol–water partition coefficient (Wildman–Crippen LogP) is 3.38. The molecule has 2 aliphatic rings. The molecule has 0 bridgehead atoms. The Labute approximate surface area is 144 Å². The maximum absolute atomic E-state index is 6.28. The zero-order chi connectivity index (χ0) is 16.0. The Kier molecular flexibility index (Phi) is 3.36. The molecule has 3 aromatic rings. The second-order valence-corrected chi connectivity index (χ2v) is 7.45. The standard InChI is InChI=1S/C18H19N3O2S/c1-2-15(22-6-1)9-20-5-4-18(12-20)13-21-16(14-3-7-24-11-14)8-19-17(21)10-23-18/h1-3,6-8,11H,4-5,9-10,12-13H2/t18-/m1/s1. The number of thiophene rings is 1. The second-order valence-electron chi connectivity index (χ2n) is 6.67. The lowest BCUT2D eigenvalue weighted by Crippen LogP contribution is -2.44. The molecule has 1 spiro atoms. The first-order valence-corrected chi connectivity index (χ1v) is 9.21. The minimum absolute atomic E-state index is 0.106. The topological polar surface area (TPSA) is 43.4 Å². The summed E-state index contributed by atoms with van der Waals surface area (Å²) in [6.07, 6.45) is 4.77. The molecule has 0 aliphatic carbocycles. The Morgan fingerprint density at radius 3 is 3.12 bits per heavy atom. The molecule has 0 radical (unpaired) electrons. The van der Waals surface area contributed by atoms with Gasteiger partial charge in [-0.2, -0.15) is 11.3 Å². The van der Waals surface area contributed by atoms with E-state index in [0.29, 0.717) is 6.61 Å². The molecule has 0 amide bonds. The van der Waals surface area contributed by atoms with E-state index < -0.39 is 0 Å². The van der Waals surface area contributed by atoms with Crippen LogP contribution in [-0.2, 0) is 24.4 Å². The molecule has 0 saturated carbocycles. The van der Waals surface area contributed by atoms with E-state index >= 15 is 0 Å². The molecule has 0 unspecified atom stereocenters. The lowest BCUT2D eigenvalue weighted by Gasteiger charge is -2.35. The number of fused-ring (bicyclic) bond motifs is 1. The summed E-state index contributed by atoms with van der Waals surface area (Å²) in [7, 11) is 0. The van der Waals surface area contributed by atoms with Gasteiger partial charge in [0, 0.05) is 24.0 Å². The fourth-order valence-corrected chi connectivity index (χ4v) is 4.48. The molecule has 1 fully saturated rings. The number of ether oxygens (including phenoxy) is 1. The number of imidazole rings is 1. The van der Waals surface area contributed by atoms with Crippen molar-refractivity contribution in [3.63, 3.8) is 0 Å². The van der Waals surface area contributed by atoms with E-state index in [1.54, 1.807) is 17.6 Å². The first-order chi connectivity index (χ1) is 11.8. The van der Waals surface area contributed by atoms with Crippen LogP contribution in [0.4, 0.5) is 0 Å². The van der Waals surface area contributed by atoms with Crippen molar-refractivity contribution in [3.8, 4) is 11.3 Å². The van der Waals surface area contributed by atoms with Gasteiger partial charge in [0.05, 0.1) is 31.2 Å². The Morgan fingerprint density at radius 1 is 1.29 bits per heavy atom. The summed E-state index contributed by atoms with van der Waals surface area (Å²) < 4.78 is 14.1. The van der Waals surface area contributed by atoms with Gasteiger partial charge in [0.25, 0.3) is 0 Å². The van der Waals surface area contributed by atoms with Crippen molar-refractivity contribution in [1.82, 2.24) is 14.5 Å². The summed E-state index contributed by atoms with van der Waals surface area (Å²) in [5.41, 5.74) is 2.35. The highest BCUT2D eigenvalue weighted by atomic mass is 32.1. The van der Waals surface area contributed by atoms with Crippen molar-refractivity contribution in [2.75, 3.05) is 13.1 Å². The van der Waals surface area contributed by atoms with Gasteiger partial charge >= 0.3 is 0 Å². The average molecular weight is 341 g/mol. The quantitative estimate of drug-likeness (QED) is 0.732. The molecule has 24 heavy (non-hydrogen) atoms. The Bertz CT molecular complexity index is 825. The molecule has 0 N–H and O–H groups in total. The van der Waals surface area contributed by atoms with Crippen LogP contribution in [0.3, 0.4) is 0 Å². The van der Waals surface area contributed by atoms with Crippen LogP contribution in [0.15, 0.2) is 45.8 Å². The molecule has 6 heteroatoms. The monoisotopic (exact) mass is 341 g/mol. The highest BCUT2D eigenvalue weighted by molar-refractivity contribution is 7.08. The van der Waals surface area contributed by atoms with Gasteiger partial charge in [-0.3, -0.25) is 4.90 Å². The van der Waals surface area contributed by atoms with E-state index in [1.807, 2.05) is 18.3 Å². The molecule has 1 saturated heterocycles. The van der Waals surface area contributed by atoms with Crippen molar-refractivity contribution in [2.24, 2.45) is 0 Å². The summed E-state index contributed by atoms with van der Waals surface area (Å²) in [6, 6.07) is 6.15. The van der Waals surface area contributed by atoms with Crippen molar-refractivity contribution < 1.29 is 9.15 Å². The Morgan fingerprint density at radius 2 is 2.29 bits per heavy atom. The van der Waals surface area contributed by atoms with Crippen LogP contribution in [0.1, 0.15) is 18.0 Å². The van der Waals surface area contributed by atoms with Crippen LogP contribution in [0, 0.1) is 0 Å². The van der Waals surface area contributed by atoms with E-state index in [1.165, 1.54) is 11.3 Å². The van der Waals surface area contributed by atoms with Crippen molar-refractivity contribution in [1.29, 1.82) is 0 Å². The summed E-state index contributed by atoms with van der Waals surface area (Å²) in [5.74, 6) is 2.05. The lowest BCUT2D eigenvalue weighted by molar-refractivity contribution is -0.0823. The number of rotatable bonds is 3. The van der Waals surface area contributed by atoms with Gasteiger partial charge in [0.15, 0.2) is 0 Å². The Balaban J connectivity index is 1.38. The van der Waals surface area contributed by atoms with Crippen LogP contribution in [-0.4, -0.2) is 33.1 Å². The van der Waals surface area contributed by atoms with Gasteiger partial charge in [-0.05, 0) is 30.0 Å². The lowest BCUT2D eigenvalue weighted by atomic mass is 10.0. The SMILES string of the molecule is c1coc(CN2CC[C@@]3(C2)Cn2c(-c4ccsc4)cnc2CO3)c1. The molecule has 124 valence electrons. The van der Waals surface area contributed by atoms with Gasteiger partial charge in [-0.1, -0.05) is 0 Å². The fourth-order valence-electron chi connectivity index (χ4n) is 3.83. The number of aromatic nitrogens is 2. The number of furan rings is 1. The van der Waals surface area contributed by atoms with Gasteiger partial charge in [0.1, 0.15) is 23.8 Å². The third-order valence-corrected chi connectivity index (χ3v) is 5.75. The highest BCUT2D eigenvalue weighted by Gasteiger charge is 2.43. The molecule has 5 rings (SSSR count). The summed E-state index contributed by atoms with van der Waals surface area (Å²) >= 11 is 1.72.